The highest BCUT2D eigenvalue weighted by molar-refractivity contribution is 4.79. The summed E-state index contributed by atoms with van der Waals surface area (Å²) >= 11 is 0. The minimum atomic E-state index is -0.437. The van der Waals surface area contributed by atoms with E-state index in [9.17, 15) is 0 Å². The second kappa shape index (κ2) is 17.6. The molecule has 2 nitrogen and oxygen atoms in total. The second-order valence-corrected chi connectivity index (χ2v) is 6.28. The van der Waals surface area contributed by atoms with Crippen LogP contribution < -0.4 is 5.32 Å². The Hall–Kier alpha value is -0.500. The Balaban J connectivity index is 3.01. The van der Waals surface area contributed by atoms with Crippen LogP contribution in [0.15, 0.2) is 12.3 Å². The molecule has 126 valence electrons. The molecule has 0 aliphatic rings. The summed E-state index contributed by atoms with van der Waals surface area (Å²) in [6, 6.07) is 0. The van der Waals surface area contributed by atoms with Crippen molar-refractivity contribution >= 4 is 0 Å². The third kappa shape index (κ3) is 19.5. The van der Waals surface area contributed by atoms with E-state index in [1.165, 1.54) is 83.5 Å². The summed E-state index contributed by atoms with van der Waals surface area (Å²) in [4.78, 5) is 0. The molecule has 0 saturated carbocycles. The van der Waals surface area contributed by atoms with E-state index >= 15 is 0 Å². The first-order chi connectivity index (χ1) is 10.3. The van der Waals surface area contributed by atoms with E-state index in [1.807, 2.05) is 6.20 Å². The molecule has 0 radical (unpaired) electrons. The van der Waals surface area contributed by atoms with Crippen LogP contribution in [0, 0.1) is 0 Å². The van der Waals surface area contributed by atoms with Crippen molar-refractivity contribution in [2.75, 3.05) is 0 Å². The fourth-order valence-corrected chi connectivity index (χ4v) is 2.57. The van der Waals surface area contributed by atoms with Gasteiger partial charge in [-0.2, -0.15) is 0 Å². The van der Waals surface area contributed by atoms with Crippen molar-refractivity contribution in [2.24, 2.45) is 0 Å². The maximum Gasteiger partial charge on any atom is 0.121 e. The molecule has 0 aromatic heterocycles. The summed E-state index contributed by atoms with van der Waals surface area (Å²) < 4.78 is 0. The number of unbranched alkanes of at least 4 members (excludes halogenated alkanes) is 13. The van der Waals surface area contributed by atoms with Crippen molar-refractivity contribution in [3.63, 3.8) is 0 Å². The van der Waals surface area contributed by atoms with E-state index < -0.39 is 6.23 Å². The minimum Gasteiger partial charge on any atom is -0.374 e. The molecule has 1 atom stereocenters. The summed E-state index contributed by atoms with van der Waals surface area (Å²) in [5.41, 5.74) is 0. The molecule has 0 aromatic rings. The first kappa shape index (κ1) is 20.5. The van der Waals surface area contributed by atoms with Gasteiger partial charge in [0.1, 0.15) is 6.23 Å². The predicted molar refractivity (Wildman–Crippen MR) is 94.3 cm³/mol. The lowest BCUT2D eigenvalue weighted by Crippen LogP contribution is -2.18. The van der Waals surface area contributed by atoms with Gasteiger partial charge in [-0.15, -0.1) is 0 Å². The molecule has 0 spiro atoms. The van der Waals surface area contributed by atoms with Crippen LogP contribution in [0.1, 0.15) is 104 Å². The van der Waals surface area contributed by atoms with Gasteiger partial charge in [-0.05, 0) is 26.0 Å². The van der Waals surface area contributed by atoms with Crippen LogP contribution in [-0.2, 0) is 0 Å². The summed E-state index contributed by atoms with van der Waals surface area (Å²) in [6.07, 6.45) is 22.9. The molecule has 0 fully saturated rings. The maximum atomic E-state index is 9.01. The number of allylic oxidation sites excluding steroid dienone is 1. The van der Waals surface area contributed by atoms with Gasteiger partial charge in [0.25, 0.3) is 0 Å². The van der Waals surface area contributed by atoms with Crippen LogP contribution in [0.2, 0.25) is 0 Å². The molecule has 0 amide bonds. The molecule has 1 unspecified atom stereocenters. The first-order valence-corrected chi connectivity index (χ1v) is 9.36. The molecule has 0 aliphatic heterocycles. The number of hydrogen-bond donors (Lipinski definition) is 2. The standard InChI is InChI=1S/C19H39NO/c1-3-4-5-6-7-8-9-10-11-12-13-14-15-16-17-18-20-19(2)21/h17-21H,3-16H2,1-2H3. The molecule has 2 N–H and O–H groups in total. The minimum absolute atomic E-state index is 0.437. The lowest BCUT2D eigenvalue weighted by Gasteiger charge is -2.03. The Morgan fingerprint density at radius 2 is 1.19 bits per heavy atom. The van der Waals surface area contributed by atoms with Crippen LogP contribution in [0.4, 0.5) is 0 Å². The Morgan fingerprint density at radius 3 is 1.62 bits per heavy atom. The van der Waals surface area contributed by atoms with Gasteiger partial charge in [-0.1, -0.05) is 90.0 Å². The molecule has 0 aromatic carbocycles. The number of rotatable bonds is 16. The van der Waals surface area contributed by atoms with Crippen LogP contribution >= 0.6 is 0 Å². The highest BCUT2D eigenvalue weighted by Crippen LogP contribution is 2.12. The van der Waals surface area contributed by atoms with Crippen LogP contribution in [0.3, 0.4) is 0 Å². The smallest absolute Gasteiger partial charge is 0.121 e. The van der Waals surface area contributed by atoms with Gasteiger partial charge in [0, 0.05) is 0 Å². The molecule has 0 bridgehead atoms. The zero-order chi connectivity index (χ0) is 15.6. The Bertz CT molecular complexity index is 214. The van der Waals surface area contributed by atoms with E-state index in [0.717, 1.165) is 6.42 Å². The average molecular weight is 298 g/mol. The first-order valence-electron chi connectivity index (χ1n) is 9.36. The normalized spacial score (nSPS) is 12.9. The van der Waals surface area contributed by atoms with Crippen molar-refractivity contribution < 1.29 is 5.11 Å². The van der Waals surface area contributed by atoms with Crippen molar-refractivity contribution in [2.45, 2.75) is 110 Å². The van der Waals surface area contributed by atoms with Gasteiger partial charge >= 0.3 is 0 Å². The molecule has 2 heteroatoms. The average Bonchev–Trinajstić information content (AvgIpc) is 2.46. The van der Waals surface area contributed by atoms with E-state index in [1.54, 1.807) is 6.92 Å². The van der Waals surface area contributed by atoms with Gasteiger partial charge in [0.05, 0.1) is 0 Å². The van der Waals surface area contributed by atoms with E-state index in [4.69, 9.17) is 5.11 Å². The number of aliphatic hydroxyl groups excluding tert-OH is 1. The molecular formula is C19H39NO. The largest absolute Gasteiger partial charge is 0.374 e. The molecule has 0 heterocycles. The SMILES string of the molecule is CCCCCCCCCCCCCCCC=CNC(C)O. The zero-order valence-corrected chi connectivity index (χ0v) is 14.6. The maximum absolute atomic E-state index is 9.01. The van der Waals surface area contributed by atoms with E-state index in [2.05, 4.69) is 18.3 Å². The lowest BCUT2D eigenvalue weighted by atomic mass is 10.0. The van der Waals surface area contributed by atoms with Gasteiger partial charge in [-0.3, -0.25) is 0 Å². The fourth-order valence-electron chi connectivity index (χ4n) is 2.57. The van der Waals surface area contributed by atoms with Gasteiger partial charge in [0.2, 0.25) is 0 Å². The molecule has 21 heavy (non-hydrogen) atoms. The van der Waals surface area contributed by atoms with Crippen LogP contribution in [0.5, 0.6) is 0 Å². The Labute approximate surface area is 133 Å². The van der Waals surface area contributed by atoms with Crippen LogP contribution in [0.25, 0.3) is 0 Å². The highest BCUT2D eigenvalue weighted by Gasteiger charge is 1.93. The number of nitrogens with one attached hydrogen (secondary N) is 1. The number of aliphatic hydroxyl groups is 1. The summed E-state index contributed by atoms with van der Waals surface area (Å²) in [7, 11) is 0. The van der Waals surface area contributed by atoms with Gasteiger partial charge in [-0.25, -0.2) is 0 Å². The monoisotopic (exact) mass is 297 g/mol. The highest BCUT2D eigenvalue weighted by atomic mass is 16.3. The summed E-state index contributed by atoms with van der Waals surface area (Å²) in [6.45, 7) is 4.01. The summed E-state index contributed by atoms with van der Waals surface area (Å²) in [5, 5.41) is 11.9. The fraction of sp³-hybridized carbons (Fsp3) is 0.895. The van der Waals surface area contributed by atoms with Crippen molar-refractivity contribution in [3.8, 4) is 0 Å². The zero-order valence-electron chi connectivity index (χ0n) is 14.6. The Morgan fingerprint density at radius 1 is 0.762 bits per heavy atom. The third-order valence-corrected chi connectivity index (χ3v) is 3.93. The molecular weight excluding hydrogens is 258 g/mol. The van der Waals surface area contributed by atoms with Gasteiger partial charge < -0.3 is 10.4 Å². The second-order valence-electron chi connectivity index (χ2n) is 6.28. The predicted octanol–water partition coefficient (Wildman–Crippen LogP) is 5.91. The lowest BCUT2D eigenvalue weighted by molar-refractivity contribution is 0.173. The van der Waals surface area contributed by atoms with Crippen molar-refractivity contribution in [3.05, 3.63) is 12.3 Å². The summed E-state index contributed by atoms with van der Waals surface area (Å²) in [5.74, 6) is 0. The number of hydrogen-bond acceptors (Lipinski definition) is 2. The van der Waals surface area contributed by atoms with Crippen molar-refractivity contribution in [1.82, 2.24) is 5.32 Å². The molecule has 0 rings (SSSR count). The van der Waals surface area contributed by atoms with Crippen molar-refractivity contribution in [1.29, 1.82) is 0 Å². The molecule has 0 aliphatic carbocycles. The van der Waals surface area contributed by atoms with Gasteiger partial charge in [0.15, 0.2) is 0 Å². The quantitative estimate of drug-likeness (QED) is 0.274. The third-order valence-electron chi connectivity index (χ3n) is 3.93. The van der Waals surface area contributed by atoms with Crippen LogP contribution in [-0.4, -0.2) is 11.3 Å². The van der Waals surface area contributed by atoms with E-state index in [-0.39, 0.29) is 0 Å². The van der Waals surface area contributed by atoms with E-state index in [0.29, 0.717) is 0 Å². The molecule has 0 saturated heterocycles. The topological polar surface area (TPSA) is 32.3 Å². The Kier molecular flexibility index (Phi) is 17.1.